The van der Waals surface area contributed by atoms with Gasteiger partial charge in [0.2, 0.25) is 0 Å². The molecule has 0 aliphatic rings. The van der Waals surface area contributed by atoms with Crippen LogP contribution in [0.4, 0.5) is 5.69 Å². The number of hydrogen-bond acceptors (Lipinski definition) is 3. The topological polar surface area (TPSA) is 69.6 Å². The maximum absolute atomic E-state index is 11.9. The van der Waals surface area contributed by atoms with Crippen LogP contribution in [0.15, 0.2) is 36.4 Å². The smallest absolute Gasteiger partial charge is 0.255 e. The molecular formula is C13H9Cl2NO3. The maximum atomic E-state index is 11.9. The molecule has 0 heterocycles. The first kappa shape index (κ1) is 13.5. The van der Waals surface area contributed by atoms with Gasteiger partial charge in [-0.05, 0) is 36.4 Å². The molecule has 19 heavy (non-hydrogen) atoms. The molecule has 4 nitrogen and oxygen atoms in total. The van der Waals surface area contributed by atoms with Gasteiger partial charge < -0.3 is 15.5 Å². The molecule has 6 heteroatoms. The fraction of sp³-hybridized carbons (Fsp3) is 0. The number of amides is 1. The van der Waals surface area contributed by atoms with Crippen molar-refractivity contribution in [3.05, 3.63) is 52.0 Å². The van der Waals surface area contributed by atoms with Crippen LogP contribution in [0, 0.1) is 0 Å². The zero-order chi connectivity index (χ0) is 14.0. The largest absolute Gasteiger partial charge is 0.508 e. The summed E-state index contributed by atoms with van der Waals surface area (Å²) in [6, 6.07) is 8.44. The van der Waals surface area contributed by atoms with E-state index >= 15 is 0 Å². The summed E-state index contributed by atoms with van der Waals surface area (Å²) in [4.78, 5) is 11.9. The van der Waals surface area contributed by atoms with Gasteiger partial charge >= 0.3 is 0 Å². The molecule has 0 aliphatic heterocycles. The molecule has 2 aromatic carbocycles. The van der Waals surface area contributed by atoms with Crippen molar-refractivity contribution in [3.8, 4) is 11.5 Å². The van der Waals surface area contributed by atoms with Crippen LogP contribution < -0.4 is 5.32 Å². The van der Waals surface area contributed by atoms with Gasteiger partial charge in [0.25, 0.3) is 5.91 Å². The minimum absolute atomic E-state index is 0.0495. The average molecular weight is 298 g/mol. The van der Waals surface area contributed by atoms with E-state index in [1.807, 2.05) is 0 Å². The zero-order valence-electron chi connectivity index (χ0n) is 9.52. The lowest BCUT2D eigenvalue weighted by Crippen LogP contribution is -2.11. The maximum Gasteiger partial charge on any atom is 0.255 e. The second-order valence-corrected chi connectivity index (χ2v) is 4.63. The molecule has 0 saturated carbocycles. The quantitative estimate of drug-likeness (QED) is 0.741. The van der Waals surface area contributed by atoms with Gasteiger partial charge in [-0.1, -0.05) is 23.2 Å². The number of anilines is 1. The van der Waals surface area contributed by atoms with Gasteiger partial charge in [-0.3, -0.25) is 4.79 Å². The molecule has 0 aromatic heterocycles. The van der Waals surface area contributed by atoms with Crippen molar-refractivity contribution in [2.45, 2.75) is 0 Å². The third-order valence-corrected chi connectivity index (χ3v) is 2.91. The molecule has 2 aromatic rings. The second-order valence-electron chi connectivity index (χ2n) is 3.78. The number of hydrogen-bond donors (Lipinski definition) is 3. The lowest BCUT2D eigenvalue weighted by atomic mass is 10.2. The number of carbonyl (C=O) groups excluding carboxylic acids is 1. The van der Waals surface area contributed by atoms with E-state index in [0.29, 0.717) is 10.6 Å². The number of aromatic hydroxyl groups is 2. The molecule has 2 rings (SSSR count). The summed E-state index contributed by atoms with van der Waals surface area (Å²) in [5, 5.41) is 21.7. The average Bonchev–Trinajstić information content (AvgIpc) is 2.36. The van der Waals surface area contributed by atoms with Crippen LogP contribution in [-0.4, -0.2) is 16.1 Å². The molecule has 0 atom stereocenters. The van der Waals surface area contributed by atoms with Crippen LogP contribution in [0.1, 0.15) is 10.4 Å². The lowest BCUT2D eigenvalue weighted by Gasteiger charge is -2.09. The highest BCUT2D eigenvalue weighted by molar-refractivity contribution is 6.36. The first-order valence-electron chi connectivity index (χ1n) is 5.26. The Kier molecular flexibility index (Phi) is 3.83. The fourth-order valence-corrected chi connectivity index (χ4v) is 1.96. The van der Waals surface area contributed by atoms with Crippen molar-refractivity contribution in [1.82, 2.24) is 0 Å². The van der Waals surface area contributed by atoms with E-state index in [1.54, 1.807) is 0 Å². The molecule has 0 spiro atoms. The van der Waals surface area contributed by atoms with Gasteiger partial charge in [-0.25, -0.2) is 0 Å². The van der Waals surface area contributed by atoms with Gasteiger partial charge in [0, 0.05) is 10.6 Å². The molecule has 3 N–H and O–H groups in total. The molecule has 0 aliphatic carbocycles. The zero-order valence-corrected chi connectivity index (χ0v) is 11.0. The number of phenols is 2. The third kappa shape index (κ3) is 3.10. The molecule has 98 valence electrons. The number of nitrogens with one attached hydrogen (secondary N) is 1. The predicted molar refractivity (Wildman–Crippen MR) is 74.2 cm³/mol. The summed E-state index contributed by atoms with van der Waals surface area (Å²) in [5.74, 6) is -0.642. The van der Waals surface area contributed by atoms with Crippen molar-refractivity contribution < 1.29 is 15.0 Å². The fourth-order valence-electron chi connectivity index (χ4n) is 1.47. The van der Waals surface area contributed by atoms with E-state index in [0.717, 1.165) is 0 Å². The Labute approximate surface area is 119 Å². The van der Waals surface area contributed by atoms with Gasteiger partial charge in [0.15, 0.2) is 5.75 Å². The first-order chi connectivity index (χ1) is 8.97. The Morgan fingerprint density at radius 3 is 2.32 bits per heavy atom. The van der Waals surface area contributed by atoms with E-state index in [2.05, 4.69) is 5.32 Å². The van der Waals surface area contributed by atoms with Crippen molar-refractivity contribution >= 4 is 34.8 Å². The number of rotatable bonds is 2. The highest BCUT2D eigenvalue weighted by atomic mass is 35.5. The van der Waals surface area contributed by atoms with Crippen molar-refractivity contribution in [3.63, 3.8) is 0 Å². The lowest BCUT2D eigenvalue weighted by molar-refractivity contribution is 0.102. The number of phenolic OH excluding ortho intramolecular Hbond substituents is 2. The van der Waals surface area contributed by atoms with Gasteiger partial charge in [0.05, 0.1) is 10.7 Å². The van der Waals surface area contributed by atoms with Crippen molar-refractivity contribution in [2.24, 2.45) is 0 Å². The van der Waals surface area contributed by atoms with Gasteiger partial charge in [-0.2, -0.15) is 0 Å². The molecule has 0 radical (unpaired) electrons. The number of benzene rings is 2. The summed E-state index contributed by atoms with van der Waals surface area (Å²) in [5.41, 5.74) is 0.448. The van der Waals surface area contributed by atoms with Crippen LogP contribution >= 0.6 is 23.2 Å². The van der Waals surface area contributed by atoms with E-state index < -0.39 is 5.91 Å². The monoisotopic (exact) mass is 297 g/mol. The summed E-state index contributed by atoms with van der Waals surface area (Å²) < 4.78 is 0. The van der Waals surface area contributed by atoms with E-state index in [1.165, 1.54) is 36.4 Å². The van der Waals surface area contributed by atoms with E-state index in [9.17, 15) is 9.90 Å². The predicted octanol–water partition coefficient (Wildman–Crippen LogP) is 3.66. The van der Waals surface area contributed by atoms with Crippen LogP contribution in [0.3, 0.4) is 0 Å². The van der Waals surface area contributed by atoms with Crippen molar-refractivity contribution in [2.75, 3.05) is 5.32 Å². The SMILES string of the molecule is O=C(Nc1cc(Cl)cc(Cl)c1O)c1ccc(O)cc1. The minimum Gasteiger partial charge on any atom is -0.508 e. The van der Waals surface area contributed by atoms with Crippen LogP contribution in [0.25, 0.3) is 0 Å². The minimum atomic E-state index is -0.450. The van der Waals surface area contributed by atoms with Gasteiger partial charge in [0.1, 0.15) is 5.75 Å². The molecule has 0 bridgehead atoms. The normalized spacial score (nSPS) is 10.2. The standard InChI is InChI=1S/C13H9Cl2NO3/c14-8-5-10(15)12(18)11(6-8)16-13(19)7-1-3-9(17)4-2-7/h1-6,17-18H,(H,16,19). The van der Waals surface area contributed by atoms with Gasteiger partial charge in [-0.15, -0.1) is 0 Å². The summed E-state index contributed by atoms with van der Waals surface area (Å²) in [6.07, 6.45) is 0. The van der Waals surface area contributed by atoms with E-state index in [-0.39, 0.29) is 22.2 Å². The Morgan fingerprint density at radius 2 is 1.68 bits per heavy atom. The Morgan fingerprint density at radius 1 is 1.05 bits per heavy atom. The number of carbonyl (C=O) groups is 1. The second kappa shape index (κ2) is 5.38. The van der Waals surface area contributed by atoms with Crippen LogP contribution in [-0.2, 0) is 0 Å². The summed E-state index contributed by atoms with van der Waals surface area (Å²) >= 11 is 11.5. The molecule has 1 amide bonds. The van der Waals surface area contributed by atoms with Crippen molar-refractivity contribution in [1.29, 1.82) is 0 Å². The third-order valence-electron chi connectivity index (χ3n) is 2.41. The van der Waals surface area contributed by atoms with Crippen LogP contribution in [0.2, 0.25) is 10.0 Å². The highest BCUT2D eigenvalue weighted by Gasteiger charge is 2.12. The van der Waals surface area contributed by atoms with E-state index in [4.69, 9.17) is 28.3 Å². The molecular weight excluding hydrogens is 289 g/mol. The number of halogens is 2. The Bertz CT molecular complexity index is 627. The Balaban J connectivity index is 2.26. The molecule has 0 saturated heterocycles. The molecule has 0 fully saturated rings. The first-order valence-corrected chi connectivity index (χ1v) is 6.01. The Hall–Kier alpha value is -1.91. The van der Waals surface area contributed by atoms with Crippen LogP contribution in [0.5, 0.6) is 11.5 Å². The highest BCUT2D eigenvalue weighted by Crippen LogP contribution is 2.35. The summed E-state index contributed by atoms with van der Waals surface area (Å²) in [7, 11) is 0. The summed E-state index contributed by atoms with van der Waals surface area (Å²) in [6.45, 7) is 0. The molecule has 0 unspecified atom stereocenters.